The minimum absolute atomic E-state index is 0.155. The number of benzene rings is 3. The van der Waals surface area contributed by atoms with Crippen molar-refractivity contribution in [3.8, 4) is 23.0 Å². The van der Waals surface area contributed by atoms with Gasteiger partial charge in [0, 0.05) is 22.3 Å². The Labute approximate surface area is 199 Å². The van der Waals surface area contributed by atoms with Crippen molar-refractivity contribution in [3.63, 3.8) is 0 Å². The summed E-state index contributed by atoms with van der Waals surface area (Å²) in [6.45, 7) is 0. The highest BCUT2D eigenvalue weighted by atomic mass is 16.5. The number of ether oxygens (including phenoxy) is 4. The maximum atomic E-state index is 12.5. The smallest absolute Gasteiger partial charge is 0.185 e. The van der Waals surface area contributed by atoms with E-state index in [2.05, 4.69) is 0 Å². The zero-order chi connectivity index (χ0) is 24.5. The molecule has 6 nitrogen and oxygen atoms in total. The van der Waals surface area contributed by atoms with Gasteiger partial charge in [-0.3, -0.25) is 9.59 Å². The third-order valence-corrected chi connectivity index (χ3v) is 5.16. The first kappa shape index (κ1) is 24.3. The molecule has 0 heterocycles. The zero-order valence-electron chi connectivity index (χ0n) is 19.5. The number of hydrogen-bond donors (Lipinski definition) is 0. The molecule has 0 radical (unpaired) electrons. The number of carbonyl (C=O) groups excluding carboxylic acids is 2. The van der Waals surface area contributed by atoms with E-state index in [1.165, 1.54) is 12.2 Å². The number of carbonyl (C=O) groups is 2. The molecule has 0 spiro atoms. The molecule has 3 aromatic carbocycles. The highest BCUT2D eigenvalue weighted by Crippen LogP contribution is 2.31. The van der Waals surface area contributed by atoms with Crippen LogP contribution < -0.4 is 18.9 Å². The van der Waals surface area contributed by atoms with Gasteiger partial charge in [-0.15, -0.1) is 0 Å². The minimum atomic E-state index is -0.155. The van der Waals surface area contributed by atoms with E-state index < -0.39 is 0 Å². The number of methoxy groups -OCH3 is 4. The summed E-state index contributed by atoms with van der Waals surface area (Å²) < 4.78 is 21.3. The van der Waals surface area contributed by atoms with Gasteiger partial charge in [-0.2, -0.15) is 0 Å². The summed E-state index contributed by atoms with van der Waals surface area (Å²) >= 11 is 0. The Hall–Kier alpha value is -4.32. The third-order valence-electron chi connectivity index (χ3n) is 5.16. The Morgan fingerprint density at radius 2 is 0.912 bits per heavy atom. The van der Waals surface area contributed by atoms with E-state index in [9.17, 15) is 9.59 Å². The van der Waals surface area contributed by atoms with Gasteiger partial charge in [0.05, 0.1) is 28.4 Å². The van der Waals surface area contributed by atoms with Crippen LogP contribution in [0.5, 0.6) is 23.0 Å². The maximum absolute atomic E-state index is 12.5. The summed E-state index contributed by atoms with van der Waals surface area (Å²) in [6.07, 6.45) is 6.29. The van der Waals surface area contributed by atoms with E-state index in [0.29, 0.717) is 45.3 Å². The predicted octanol–water partition coefficient (Wildman–Crippen LogP) is 5.51. The van der Waals surface area contributed by atoms with Crippen molar-refractivity contribution in [2.45, 2.75) is 0 Å². The van der Waals surface area contributed by atoms with Crippen molar-refractivity contribution in [1.29, 1.82) is 0 Å². The molecule has 0 bridgehead atoms. The molecule has 0 fully saturated rings. The predicted molar refractivity (Wildman–Crippen MR) is 132 cm³/mol. The zero-order valence-corrected chi connectivity index (χ0v) is 19.5. The van der Waals surface area contributed by atoms with E-state index in [1.54, 1.807) is 101 Å². The lowest BCUT2D eigenvalue weighted by Gasteiger charge is -2.11. The molecule has 0 aliphatic carbocycles. The van der Waals surface area contributed by atoms with Gasteiger partial charge in [0.1, 0.15) is 23.0 Å². The summed E-state index contributed by atoms with van der Waals surface area (Å²) in [6, 6.07) is 17.3. The van der Waals surface area contributed by atoms with Crippen LogP contribution in [0.1, 0.15) is 31.8 Å². The van der Waals surface area contributed by atoms with E-state index in [0.717, 1.165) is 0 Å². The molecule has 34 heavy (non-hydrogen) atoms. The Balaban J connectivity index is 1.82. The Morgan fingerprint density at radius 3 is 1.21 bits per heavy atom. The van der Waals surface area contributed by atoms with Gasteiger partial charge in [0.2, 0.25) is 0 Å². The third kappa shape index (κ3) is 5.92. The summed E-state index contributed by atoms with van der Waals surface area (Å²) in [5, 5.41) is 0. The molecule has 0 aromatic heterocycles. The van der Waals surface area contributed by atoms with Crippen LogP contribution in [0.25, 0.3) is 12.2 Å². The van der Waals surface area contributed by atoms with Crippen LogP contribution in [-0.4, -0.2) is 40.0 Å². The van der Waals surface area contributed by atoms with Gasteiger partial charge in [-0.1, -0.05) is 0 Å². The standard InChI is InChI=1S/C28H26O6/c1-31-23-11-5-19(6-12-23)25(29)15-9-21-17-28(34-4)22(18-27(21)33-3)10-16-26(30)20-7-13-24(32-2)14-8-20/h5-18H,1-4H3/b15-9+,16-10+. The average Bonchev–Trinajstić information content (AvgIpc) is 2.90. The van der Waals surface area contributed by atoms with Gasteiger partial charge < -0.3 is 18.9 Å². The first-order valence-electron chi connectivity index (χ1n) is 10.5. The van der Waals surface area contributed by atoms with Crippen molar-refractivity contribution >= 4 is 23.7 Å². The van der Waals surface area contributed by atoms with Gasteiger partial charge in [0.25, 0.3) is 0 Å². The van der Waals surface area contributed by atoms with E-state index in [1.807, 2.05) is 0 Å². The molecule has 174 valence electrons. The Morgan fingerprint density at radius 1 is 0.559 bits per heavy atom. The molecule has 3 aromatic rings. The lowest BCUT2D eigenvalue weighted by atomic mass is 10.0. The van der Waals surface area contributed by atoms with Crippen LogP contribution in [0.4, 0.5) is 0 Å². The van der Waals surface area contributed by atoms with Crippen molar-refractivity contribution in [2.75, 3.05) is 28.4 Å². The monoisotopic (exact) mass is 458 g/mol. The fourth-order valence-corrected chi connectivity index (χ4v) is 3.24. The van der Waals surface area contributed by atoms with Crippen molar-refractivity contribution in [3.05, 3.63) is 95.1 Å². The van der Waals surface area contributed by atoms with Crippen LogP contribution in [0.2, 0.25) is 0 Å². The highest BCUT2D eigenvalue weighted by molar-refractivity contribution is 6.08. The van der Waals surface area contributed by atoms with E-state index in [-0.39, 0.29) is 11.6 Å². The molecule has 0 N–H and O–H groups in total. The van der Waals surface area contributed by atoms with E-state index in [4.69, 9.17) is 18.9 Å². The molecule has 3 rings (SSSR count). The minimum Gasteiger partial charge on any atom is -0.497 e. The summed E-state index contributed by atoms with van der Waals surface area (Å²) in [5.74, 6) is 2.13. The van der Waals surface area contributed by atoms with Gasteiger partial charge in [-0.05, 0) is 85.0 Å². The topological polar surface area (TPSA) is 71.1 Å². The van der Waals surface area contributed by atoms with Crippen molar-refractivity contribution in [2.24, 2.45) is 0 Å². The number of allylic oxidation sites excluding steroid dienone is 2. The fraction of sp³-hybridized carbons (Fsp3) is 0.143. The SMILES string of the molecule is COc1ccc(C(=O)/C=C/c2cc(OC)c(/C=C/C(=O)c3ccc(OC)cc3)cc2OC)cc1. The van der Waals surface area contributed by atoms with Crippen LogP contribution >= 0.6 is 0 Å². The molecular weight excluding hydrogens is 432 g/mol. The van der Waals surface area contributed by atoms with E-state index >= 15 is 0 Å². The lowest BCUT2D eigenvalue weighted by Crippen LogP contribution is -1.97. The molecule has 0 atom stereocenters. The van der Waals surface area contributed by atoms with Crippen molar-refractivity contribution < 1.29 is 28.5 Å². The fourth-order valence-electron chi connectivity index (χ4n) is 3.24. The summed E-state index contributed by atoms with van der Waals surface area (Å²) in [7, 11) is 6.23. The summed E-state index contributed by atoms with van der Waals surface area (Å²) in [5.41, 5.74) is 2.42. The molecule has 0 amide bonds. The Kier molecular flexibility index (Phi) is 8.24. The number of ketones is 2. The van der Waals surface area contributed by atoms with Crippen LogP contribution in [0.3, 0.4) is 0 Å². The van der Waals surface area contributed by atoms with Crippen LogP contribution in [0.15, 0.2) is 72.8 Å². The summed E-state index contributed by atoms with van der Waals surface area (Å²) in [4.78, 5) is 25.1. The van der Waals surface area contributed by atoms with Crippen molar-refractivity contribution in [1.82, 2.24) is 0 Å². The second-order valence-corrected chi connectivity index (χ2v) is 7.19. The highest BCUT2D eigenvalue weighted by Gasteiger charge is 2.10. The maximum Gasteiger partial charge on any atom is 0.185 e. The van der Waals surface area contributed by atoms with Crippen LogP contribution in [0, 0.1) is 0 Å². The second kappa shape index (κ2) is 11.5. The first-order chi connectivity index (χ1) is 16.5. The van der Waals surface area contributed by atoms with Gasteiger partial charge in [0.15, 0.2) is 11.6 Å². The average molecular weight is 459 g/mol. The lowest BCUT2D eigenvalue weighted by molar-refractivity contribution is 0.103. The first-order valence-corrected chi connectivity index (χ1v) is 10.5. The second-order valence-electron chi connectivity index (χ2n) is 7.19. The number of hydrogen-bond acceptors (Lipinski definition) is 6. The quantitative estimate of drug-likeness (QED) is 0.295. The molecule has 6 heteroatoms. The number of rotatable bonds is 10. The molecule has 0 unspecified atom stereocenters. The molecule has 0 saturated carbocycles. The molecule has 0 aliphatic heterocycles. The largest absolute Gasteiger partial charge is 0.497 e. The van der Waals surface area contributed by atoms with Crippen LogP contribution in [-0.2, 0) is 0 Å². The van der Waals surface area contributed by atoms with Gasteiger partial charge in [-0.25, -0.2) is 0 Å². The Bertz CT molecular complexity index is 1110. The molecule has 0 saturated heterocycles. The van der Waals surface area contributed by atoms with Gasteiger partial charge >= 0.3 is 0 Å². The normalized spacial score (nSPS) is 10.9. The molecular formula is C28H26O6. The molecule has 0 aliphatic rings.